The van der Waals surface area contributed by atoms with E-state index >= 15 is 0 Å². The Balaban J connectivity index is 1.52. The van der Waals surface area contributed by atoms with Crippen LogP contribution in [0.5, 0.6) is 0 Å². The molecule has 0 atom stereocenters. The number of hydrogen-bond acceptors (Lipinski definition) is 4. The molecule has 0 saturated carbocycles. The SMILES string of the molecule is CC(C)n1cnc(-c2ccc(F)cc2)c1-c1nccn1-c1ccc(N2CCN(C)C(=O)C2)cc1. The second-order valence-electron chi connectivity index (χ2n) is 8.82. The van der Waals surface area contributed by atoms with Gasteiger partial charge in [0.15, 0.2) is 5.82 Å². The van der Waals surface area contributed by atoms with Gasteiger partial charge < -0.3 is 14.4 Å². The van der Waals surface area contributed by atoms with Crippen LogP contribution in [-0.2, 0) is 4.79 Å². The molecule has 2 aromatic carbocycles. The molecular weight excluding hydrogens is 431 g/mol. The number of halogens is 1. The van der Waals surface area contributed by atoms with Crippen molar-refractivity contribution in [1.29, 1.82) is 0 Å². The van der Waals surface area contributed by atoms with Crippen molar-refractivity contribution in [3.05, 3.63) is 73.1 Å². The van der Waals surface area contributed by atoms with Gasteiger partial charge >= 0.3 is 0 Å². The van der Waals surface area contributed by atoms with Crippen LogP contribution >= 0.6 is 0 Å². The van der Waals surface area contributed by atoms with Gasteiger partial charge in [-0.1, -0.05) is 0 Å². The Hall–Kier alpha value is -3.94. The number of nitrogens with zero attached hydrogens (tertiary/aromatic N) is 6. The summed E-state index contributed by atoms with van der Waals surface area (Å²) < 4.78 is 17.7. The van der Waals surface area contributed by atoms with Crippen molar-refractivity contribution < 1.29 is 9.18 Å². The molecule has 5 rings (SSSR count). The van der Waals surface area contributed by atoms with Crippen LogP contribution in [-0.4, -0.2) is 56.6 Å². The van der Waals surface area contributed by atoms with Crippen molar-refractivity contribution in [2.24, 2.45) is 0 Å². The maximum absolute atomic E-state index is 13.5. The summed E-state index contributed by atoms with van der Waals surface area (Å²) >= 11 is 0. The van der Waals surface area contributed by atoms with Crippen LogP contribution in [0.25, 0.3) is 28.5 Å². The van der Waals surface area contributed by atoms with Crippen LogP contribution in [0.4, 0.5) is 10.1 Å². The van der Waals surface area contributed by atoms with Crippen LogP contribution in [0.15, 0.2) is 67.3 Å². The lowest BCUT2D eigenvalue weighted by Gasteiger charge is -2.33. The molecule has 7 nitrogen and oxygen atoms in total. The predicted octanol–water partition coefficient (Wildman–Crippen LogP) is 4.40. The molecule has 0 radical (unpaired) electrons. The number of likely N-dealkylation sites (N-methyl/N-ethyl adjacent to an activating group) is 1. The Morgan fingerprint density at radius 1 is 0.941 bits per heavy atom. The zero-order valence-corrected chi connectivity index (χ0v) is 19.5. The summed E-state index contributed by atoms with van der Waals surface area (Å²) in [5.74, 6) is 0.604. The Labute approximate surface area is 198 Å². The second kappa shape index (κ2) is 8.78. The summed E-state index contributed by atoms with van der Waals surface area (Å²) in [5.41, 5.74) is 4.44. The molecule has 0 bridgehead atoms. The fourth-order valence-electron chi connectivity index (χ4n) is 4.28. The van der Waals surface area contributed by atoms with Gasteiger partial charge in [0, 0.05) is 55.5 Å². The number of aromatic nitrogens is 4. The predicted molar refractivity (Wildman–Crippen MR) is 130 cm³/mol. The first-order chi connectivity index (χ1) is 16.4. The fourth-order valence-corrected chi connectivity index (χ4v) is 4.28. The molecule has 3 heterocycles. The minimum atomic E-state index is -0.280. The number of carbonyl (C=O) groups excluding carboxylic acids is 1. The standard InChI is InChI=1S/C26H27FN6O/c1-18(2)33-17-29-24(19-4-6-20(27)7-5-19)25(33)26-28-12-13-32(26)22-10-8-21(9-11-22)31-15-14-30(3)23(34)16-31/h4-13,17-18H,14-16H2,1-3H3. The third-order valence-electron chi connectivity index (χ3n) is 6.27. The number of piperazine rings is 1. The largest absolute Gasteiger partial charge is 0.360 e. The van der Waals surface area contributed by atoms with E-state index < -0.39 is 0 Å². The van der Waals surface area contributed by atoms with Gasteiger partial charge in [-0.15, -0.1) is 0 Å². The summed E-state index contributed by atoms with van der Waals surface area (Å²) in [6.07, 6.45) is 5.51. The first-order valence-corrected chi connectivity index (χ1v) is 11.4. The van der Waals surface area contributed by atoms with E-state index in [1.54, 1.807) is 23.2 Å². The number of imidazole rings is 2. The van der Waals surface area contributed by atoms with E-state index in [4.69, 9.17) is 0 Å². The summed E-state index contributed by atoms with van der Waals surface area (Å²) in [6.45, 7) is 6.11. The van der Waals surface area contributed by atoms with Gasteiger partial charge in [0.05, 0.1) is 18.6 Å². The molecule has 4 aromatic rings. The molecule has 1 aliphatic heterocycles. The monoisotopic (exact) mass is 458 g/mol. The maximum atomic E-state index is 13.5. The van der Waals surface area contributed by atoms with E-state index in [1.807, 2.05) is 48.4 Å². The van der Waals surface area contributed by atoms with Gasteiger partial charge in [0.2, 0.25) is 5.91 Å². The van der Waals surface area contributed by atoms with Crippen LogP contribution in [0.1, 0.15) is 19.9 Å². The zero-order chi connectivity index (χ0) is 23.8. The van der Waals surface area contributed by atoms with Crippen molar-refractivity contribution in [2.75, 3.05) is 31.6 Å². The van der Waals surface area contributed by atoms with Gasteiger partial charge in [-0.3, -0.25) is 9.36 Å². The highest BCUT2D eigenvalue weighted by atomic mass is 19.1. The third-order valence-corrected chi connectivity index (χ3v) is 6.27. The van der Waals surface area contributed by atoms with Crippen LogP contribution in [0.3, 0.4) is 0 Å². The number of carbonyl (C=O) groups is 1. The van der Waals surface area contributed by atoms with Gasteiger partial charge in [0.1, 0.15) is 11.5 Å². The van der Waals surface area contributed by atoms with Gasteiger partial charge in [-0.25, -0.2) is 14.4 Å². The highest BCUT2D eigenvalue weighted by molar-refractivity contribution is 5.82. The van der Waals surface area contributed by atoms with Gasteiger partial charge in [0.25, 0.3) is 0 Å². The fraction of sp³-hybridized carbons (Fsp3) is 0.269. The molecule has 1 saturated heterocycles. The lowest BCUT2D eigenvalue weighted by atomic mass is 10.1. The Bertz CT molecular complexity index is 1310. The molecule has 0 spiro atoms. The number of rotatable bonds is 5. The summed E-state index contributed by atoms with van der Waals surface area (Å²) in [4.78, 5) is 25.3. The Morgan fingerprint density at radius 3 is 2.32 bits per heavy atom. The van der Waals surface area contributed by atoms with Gasteiger partial charge in [-0.2, -0.15) is 0 Å². The minimum absolute atomic E-state index is 0.127. The second-order valence-corrected chi connectivity index (χ2v) is 8.82. The first kappa shape index (κ1) is 21.9. The van der Waals surface area contributed by atoms with Crippen LogP contribution in [0.2, 0.25) is 0 Å². The molecule has 0 unspecified atom stereocenters. The van der Waals surface area contributed by atoms with Crippen LogP contribution < -0.4 is 4.90 Å². The molecule has 0 N–H and O–H groups in total. The van der Waals surface area contributed by atoms with Crippen molar-refractivity contribution >= 4 is 11.6 Å². The molecule has 2 aromatic heterocycles. The average Bonchev–Trinajstić information content (AvgIpc) is 3.48. The van der Waals surface area contributed by atoms with Gasteiger partial charge in [-0.05, 0) is 62.4 Å². The van der Waals surface area contributed by atoms with Crippen molar-refractivity contribution in [3.63, 3.8) is 0 Å². The molecule has 1 amide bonds. The van der Waals surface area contributed by atoms with Crippen molar-refractivity contribution in [3.8, 4) is 28.5 Å². The normalized spacial score (nSPS) is 14.3. The quantitative estimate of drug-likeness (QED) is 0.445. The molecular formula is C26H27FN6O. The van der Waals surface area contributed by atoms with E-state index in [0.717, 1.165) is 47.2 Å². The molecule has 174 valence electrons. The van der Waals surface area contributed by atoms with Crippen LogP contribution in [0, 0.1) is 5.82 Å². The Morgan fingerprint density at radius 2 is 1.65 bits per heavy atom. The topological polar surface area (TPSA) is 59.2 Å². The number of hydrogen-bond donors (Lipinski definition) is 0. The van der Waals surface area contributed by atoms with E-state index in [-0.39, 0.29) is 17.8 Å². The minimum Gasteiger partial charge on any atom is -0.360 e. The average molecular weight is 459 g/mol. The Kier molecular flexibility index (Phi) is 5.65. The number of benzene rings is 2. The third kappa shape index (κ3) is 3.96. The lowest BCUT2D eigenvalue weighted by molar-refractivity contribution is -0.129. The zero-order valence-electron chi connectivity index (χ0n) is 19.5. The van der Waals surface area contributed by atoms with E-state index in [0.29, 0.717) is 6.54 Å². The number of anilines is 1. The van der Waals surface area contributed by atoms with E-state index in [1.165, 1.54) is 12.1 Å². The molecule has 1 fully saturated rings. The lowest BCUT2D eigenvalue weighted by Crippen LogP contribution is -2.48. The molecule has 1 aliphatic rings. The highest BCUT2D eigenvalue weighted by Crippen LogP contribution is 2.34. The molecule has 0 aliphatic carbocycles. The molecule has 8 heteroatoms. The summed E-state index contributed by atoms with van der Waals surface area (Å²) in [5, 5.41) is 0. The smallest absolute Gasteiger partial charge is 0.241 e. The van der Waals surface area contributed by atoms with Crippen molar-refractivity contribution in [1.82, 2.24) is 24.0 Å². The van der Waals surface area contributed by atoms with E-state index in [2.05, 4.69) is 33.3 Å². The van der Waals surface area contributed by atoms with E-state index in [9.17, 15) is 9.18 Å². The molecule has 34 heavy (non-hydrogen) atoms. The maximum Gasteiger partial charge on any atom is 0.241 e. The summed E-state index contributed by atoms with van der Waals surface area (Å²) in [7, 11) is 1.84. The summed E-state index contributed by atoms with van der Waals surface area (Å²) in [6, 6.07) is 14.7. The highest BCUT2D eigenvalue weighted by Gasteiger charge is 2.23. The number of amides is 1. The van der Waals surface area contributed by atoms with Crippen molar-refractivity contribution in [2.45, 2.75) is 19.9 Å². The first-order valence-electron chi connectivity index (χ1n) is 11.4.